The molecule has 7 heteroatoms. The number of anilines is 1. The Morgan fingerprint density at radius 3 is 2.68 bits per heavy atom. The Morgan fingerprint density at radius 2 is 1.93 bits per heavy atom. The third kappa shape index (κ3) is 4.43. The number of nitrogens with zero attached hydrogens (tertiary/aromatic N) is 1. The smallest absolute Gasteiger partial charge is 0.387 e. The molecule has 0 spiro atoms. The number of halogens is 2. The van der Waals surface area contributed by atoms with Gasteiger partial charge in [0.15, 0.2) is 11.5 Å². The molecule has 0 saturated heterocycles. The highest BCUT2D eigenvalue weighted by Gasteiger charge is 2.14. The number of hydrogen-bond acceptors (Lipinski definition) is 4. The summed E-state index contributed by atoms with van der Waals surface area (Å²) < 4.78 is 35.0. The minimum atomic E-state index is -3.01. The number of aryl methyl sites for hydroxylation is 1. The van der Waals surface area contributed by atoms with Crippen LogP contribution in [0, 0.1) is 6.92 Å². The number of alkyl halides is 2. The van der Waals surface area contributed by atoms with E-state index in [4.69, 9.17) is 4.74 Å². The van der Waals surface area contributed by atoms with Crippen LogP contribution in [-0.2, 0) is 4.79 Å². The second kappa shape index (κ2) is 8.47. The summed E-state index contributed by atoms with van der Waals surface area (Å²) in [5, 5.41) is 3.66. The maximum Gasteiger partial charge on any atom is 0.387 e. The highest BCUT2D eigenvalue weighted by Crippen LogP contribution is 2.33. The molecule has 1 N–H and O–H groups in total. The maximum atomic E-state index is 12.7. The lowest BCUT2D eigenvalue weighted by molar-refractivity contribution is -0.111. The third-order valence-electron chi connectivity index (χ3n) is 3.97. The zero-order chi connectivity index (χ0) is 20.1. The summed E-state index contributed by atoms with van der Waals surface area (Å²) in [6.07, 6.45) is 2.63. The van der Waals surface area contributed by atoms with E-state index in [-0.39, 0.29) is 11.5 Å². The van der Waals surface area contributed by atoms with Crippen LogP contribution < -0.4 is 14.8 Å². The van der Waals surface area contributed by atoms with Crippen molar-refractivity contribution in [2.45, 2.75) is 13.5 Å². The number of ether oxygens (including phenoxy) is 2. The average molecular weight is 384 g/mol. The summed E-state index contributed by atoms with van der Waals surface area (Å²) in [6, 6.07) is 13.9. The van der Waals surface area contributed by atoms with Gasteiger partial charge in [-0.1, -0.05) is 30.3 Å². The van der Waals surface area contributed by atoms with E-state index in [1.807, 2.05) is 31.2 Å². The Hall–Kier alpha value is -3.48. The second-order valence-corrected chi connectivity index (χ2v) is 5.91. The number of nitrogens with one attached hydrogen (secondary N) is 1. The Labute approximate surface area is 160 Å². The van der Waals surface area contributed by atoms with Gasteiger partial charge in [-0.2, -0.15) is 8.78 Å². The van der Waals surface area contributed by atoms with Gasteiger partial charge in [0.1, 0.15) is 0 Å². The fourth-order valence-electron chi connectivity index (χ4n) is 2.73. The fraction of sp³-hybridized carbons (Fsp3) is 0.143. The molecule has 144 valence electrons. The molecule has 0 aliphatic carbocycles. The molecule has 2 aromatic carbocycles. The normalized spacial score (nSPS) is 11.2. The Morgan fingerprint density at radius 1 is 1.14 bits per heavy atom. The first-order valence-electron chi connectivity index (χ1n) is 8.45. The number of para-hydroxylation sites is 2. The van der Waals surface area contributed by atoms with Crippen LogP contribution in [0.25, 0.3) is 17.0 Å². The van der Waals surface area contributed by atoms with E-state index in [9.17, 15) is 13.6 Å². The predicted octanol–water partition coefficient (Wildman–Crippen LogP) is 4.81. The van der Waals surface area contributed by atoms with E-state index in [1.165, 1.54) is 25.3 Å². The molecule has 0 bridgehead atoms. The van der Waals surface area contributed by atoms with E-state index < -0.39 is 12.5 Å². The van der Waals surface area contributed by atoms with Crippen molar-refractivity contribution >= 4 is 28.6 Å². The zero-order valence-electron chi connectivity index (χ0n) is 15.3. The van der Waals surface area contributed by atoms with Crippen molar-refractivity contribution in [2.24, 2.45) is 0 Å². The third-order valence-corrected chi connectivity index (χ3v) is 3.97. The number of carbonyl (C=O) groups is 1. The molecule has 0 aliphatic heterocycles. The van der Waals surface area contributed by atoms with E-state index >= 15 is 0 Å². The van der Waals surface area contributed by atoms with Crippen molar-refractivity contribution in [3.63, 3.8) is 0 Å². The molecule has 0 aliphatic rings. The van der Waals surface area contributed by atoms with Crippen LogP contribution in [0.3, 0.4) is 0 Å². The number of benzene rings is 2. The summed E-state index contributed by atoms with van der Waals surface area (Å²) in [5.41, 5.74) is 2.36. The number of methoxy groups -OCH3 is 1. The molecule has 3 aromatic rings. The Bertz CT molecular complexity index is 1040. The van der Waals surface area contributed by atoms with Gasteiger partial charge in [0.05, 0.1) is 18.3 Å². The maximum absolute atomic E-state index is 12.7. The van der Waals surface area contributed by atoms with E-state index in [2.05, 4.69) is 15.0 Å². The number of carbonyl (C=O) groups excluding carboxylic acids is 1. The number of aromatic nitrogens is 1. The van der Waals surface area contributed by atoms with Gasteiger partial charge in [-0.3, -0.25) is 9.78 Å². The number of fused-ring (bicyclic) bond motifs is 1. The van der Waals surface area contributed by atoms with E-state index in [0.29, 0.717) is 16.8 Å². The Balaban J connectivity index is 1.84. The largest absolute Gasteiger partial charge is 0.493 e. The highest BCUT2D eigenvalue weighted by atomic mass is 19.3. The first-order chi connectivity index (χ1) is 13.5. The first kappa shape index (κ1) is 19.3. The van der Waals surface area contributed by atoms with E-state index in [1.54, 1.807) is 18.2 Å². The van der Waals surface area contributed by atoms with Crippen LogP contribution in [0.1, 0.15) is 11.3 Å². The van der Waals surface area contributed by atoms with Crippen molar-refractivity contribution in [2.75, 3.05) is 12.4 Å². The highest BCUT2D eigenvalue weighted by molar-refractivity contribution is 6.06. The second-order valence-electron chi connectivity index (χ2n) is 5.91. The summed E-state index contributed by atoms with van der Waals surface area (Å²) in [7, 11) is 1.35. The average Bonchev–Trinajstić information content (AvgIpc) is 2.67. The van der Waals surface area contributed by atoms with Crippen molar-refractivity contribution in [3.8, 4) is 11.5 Å². The summed E-state index contributed by atoms with van der Waals surface area (Å²) >= 11 is 0. The van der Waals surface area contributed by atoms with Crippen molar-refractivity contribution < 1.29 is 23.0 Å². The SMILES string of the molecule is COc1cccc(C=CC(=O)Nc2cccc3ccc(C)nc23)c1OC(F)F. The monoisotopic (exact) mass is 384 g/mol. The minimum absolute atomic E-state index is 0.133. The first-order valence-corrected chi connectivity index (χ1v) is 8.45. The molecule has 0 saturated carbocycles. The van der Waals surface area contributed by atoms with Crippen molar-refractivity contribution in [3.05, 3.63) is 65.9 Å². The van der Waals surface area contributed by atoms with Gasteiger partial charge in [0, 0.05) is 22.7 Å². The molecule has 1 aromatic heterocycles. The summed E-state index contributed by atoms with van der Waals surface area (Å²) in [5.74, 6) is -0.412. The van der Waals surface area contributed by atoms with Gasteiger partial charge in [-0.15, -0.1) is 0 Å². The minimum Gasteiger partial charge on any atom is -0.493 e. The number of amides is 1. The molecule has 28 heavy (non-hydrogen) atoms. The van der Waals surface area contributed by atoms with E-state index in [0.717, 1.165) is 11.1 Å². The summed E-state index contributed by atoms with van der Waals surface area (Å²) in [4.78, 5) is 16.8. The zero-order valence-corrected chi connectivity index (χ0v) is 15.3. The van der Waals surface area contributed by atoms with Crippen LogP contribution in [0.5, 0.6) is 11.5 Å². The van der Waals surface area contributed by atoms with Gasteiger partial charge in [0.2, 0.25) is 5.91 Å². The summed E-state index contributed by atoms with van der Waals surface area (Å²) in [6.45, 7) is -1.15. The quantitative estimate of drug-likeness (QED) is 0.620. The standard InChI is InChI=1S/C21H18F2N2O3/c1-13-9-10-14-5-3-7-16(19(14)24-13)25-18(26)12-11-15-6-4-8-17(27-2)20(15)28-21(22)23/h3-12,21H,1-2H3,(H,25,26). The lowest BCUT2D eigenvalue weighted by Gasteiger charge is -2.12. The topological polar surface area (TPSA) is 60.5 Å². The number of rotatable bonds is 6. The molecule has 3 rings (SSSR count). The molecular weight excluding hydrogens is 366 g/mol. The van der Waals surface area contributed by atoms with Crippen LogP contribution in [0.4, 0.5) is 14.5 Å². The molecule has 0 fully saturated rings. The van der Waals surface area contributed by atoms with Gasteiger partial charge in [0.25, 0.3) is 0 Å². The van der Waals surface area contributed by atoms with Gasteiger partial charge < -0.3 is 14.8 Å². The van der Waals surface area contributed by atoms with Gasteiger partial charge >= 0.3 is 6.61 Å². The van der Waals surface area contributed by atoms with Crippen LogP contribution in [-0.4, -0.2) is 24.6 Å². The molecule has 0 atom stereocenters. The fourth-order valence-corrected chi connectivity index (χ4v) is 2.73. The van der Waals surface area contributed by atoms with Crippen molar-refractivity contribution in [1.29, 1.82) is 0 Å². The lowest BCUT2D eigenvalue weighted by atomic mass is 10.1. The van der Waals surface area contributed by atoms with Gasteiger partial charge in [-0.05, 0) is 31.2 Å². The Kier molecular flexibility index (Phi) is 5.84. The number of hydrogen-bond donors (Lipinski definition) is 1. The molecule has 0 radical (unpaired) electrons. The molecule has 1 amide bonds. The molecular formula is C21H18F2N2O3. The van der Waals surface area contributed by atoms with Crippen molar-refractivity contribution in [1.82, 2.24) is 4.98 Å². The molecule has 0 unspecified atom stereocenters. The van der Waals surface area contributed by atoms with Crippen LogP contribution >= 0.6 is 0 Å². The predicted molar refractivity (Wildman–Crippen MR) is 104 cm³/mol. The lowest BCUT2D eigenvalue weighted by Crippen LogP contribution is -2.09. The van der Waals surface area contributed by atoms with Gasteiger partial charge in [-0.25, -0.2) is 0 Å². The van der Waals surface area contributed by atoms with Crippen LogP contribution in [0.2, 0.25) is 0 Å². The number of pyridine rings is 1. The van der Waals surface area contributed by atoms with Crippen LogP contribution in [0.15, 0.2) is 54.6 Å². The molecule has 1 heterocycles. The molecule has 5 nitrogen and oxygen atoms in total.